The fourth-order valence-corrected chi connectivity index (χ4v) is 2.59. The van der Waals surface area contributed by atoms with Crippen LogP contribution < -0.4 is 10.1 Å². The molecule has 0 saturated carbocycles. The molecule has 0 unspecified atom stereocenters. The largest absolute Gasteiger partial charge is 0.490 e. The number of piperidine rings is 1. The Morgan fingerprint density at radius 1 is 1.36 bits per heavy atom. The van der Waals surface area contributed by atoms with Gasteiger partial charge in [-0.3, -0.25) is 4.79 Å². The molecule has 0 atom stereocenters. The van der Waals surface area contributed by atoms with Gasteiger partial charge in [-0.05, 0) is 51.7 Å². The molecule has 2 rings (SSSR count). The van der Waals surface area contributed by atoms with Crippen LogP contribution in [0.3, 0.4) is 0 Å². The number of hydrogen-bond acceptors (Lipinski definition) is 4. The molecule has 1 saturated heterocycles. The SMILES string of the molecule is CC(C)(C)OC(=O)N1CCC(COc2ccc(NC=O)cc2F)CC1. The summed E-state index contributed by atoms with van der Waals surface area (Å²) in [5, 5.41) is 2.39. The highest BCUT2D eigenvalue weighted by molar-refractivity contribution is 5.71. The van der Waals surface area contributed by atoms with E-state index in [1.54, 1.807) is 11.0 Å². The molecule has 0 bridgehead atoms. The number of carbonyl (C=O) groups is 2. The number of hydrogen-bond donors (Lipinski definition) is 1. The smallest absolute Gasteiger partial charge is 0.410 e. The quantitative estimate of drug-likeness (QED) is 0.825. The van der Waals surface area contributed by atoms with E-state index in [4.69, 9.17) is 9.47 Å². The van der Waals surface area contributed by atoms with Crippen molar-refractivity contribution in [1.82, 2.24) is 4.90 Å². The van der Waals surface area contributed by atoms with E-state index in [-0.39, 0.29) is 17.8 Å². The van der Waals surface area contributed by atoms with Crippen LogP contribution in [0.15, 0.2) is 18.2 Å². The van der Waals surface area contributed by atoms with Crippen LogP contribution in [0.1, 0.15) is 33.6 Å². The zero-order valence-corrected chi connectivity index (χ0v) is 14.9. The lowest BCUT2D eigenvalue weighted by Crippen LogP contribution is -2.42. The Bertz CT molecular complexity index is 608. The number of nitrogens with zero attached hydrogens (tertiary/aromatic N) is 1. The van der Waals surface area contributed by atoms with Crippen LogP contribution >= 0.6 is 0 Å². The maximum atomic E-state index is 13.9. The van der Waals surface area contributed by atoms with Gasteiger partial charge >= 0.3 is 6.09 Å². The molecule has 1 aromatic rings. The molecule has 2 amide bonds. The molecule has 25 heavy (non-hydrogen) atoms. The predicted molar refractivity (Wildman–Crippen MR) is 92.1 cm³/mol. The zero-order valence-electron chi connectivity index (χ0n) is 14.9. The fourth-order valence-electron chi connectivity index (χ4n) is 2.59. The Morgan fingerprint density at radius 2 is 2.04 bits per heavy atom. The molecule has 1 heterocycles. The maximum absolute atomic E-state index is 13.9. The van der Waals surface area contributed by atoms with Crippen molar-refractivity contribution in [3.63, 3.8) is 0 Å². The molecule has 1 aliphatic heterocycles. The third kappa shape index (κ3) is 5.92. The van der Waals surface area contributed by atoms with E-state index >= 15 is 0 Å². The number of rotatable bonds is 5. The van der Waals surface area contributed by atoms with Crippen molar-refractivity contribution in [1.29, 1.82) is 0 Å². The second kappa shape index (κ2) is 8.18. The Labute approximate surface area is 147 Å². The summed E-state index contributed by atoms with van der Waals surface area (Å²) >= 11 is 0. The van der Waals surface area contributed by atoms with E-state index in [0.29, 0.717) is 31.8 Å². The highest BCUT2D eigenvalue weighted by atomic mass is 19.1. The minimum absolute atomic E-state index is 0.158. The average Bonchev–Trinajstić information content (AvgIpc) is 2.53. The molecule has 1 N–H and O–H groups in total. The first kappa shape index (κ1) is 19.0. The summed E-state index contributed by atoms with van der Waals surface area (Å²) in [5.41, 5.74) is -0.120. The molecule has 0 spiro atoms. The monoisotopic (exact) mass is 352 g/mol. The summed E-state index contributed by atoms with van der Waals surface area (Å²) < 4.78 is 24.8. The third-order valence-electron chi connectivity index (χ3n) is 3.90. The summed E-state index contributed by atoms with van der Waals surface area (Å²) in [5.74, 6) is -0.102. The lowest BCUT2D eigenvalue weighted by molar-refractivity contribution is -0.105. The number of halogens is 1. The van der Waals surface area contributed by atoms with Gasteiger partial charge in [0.25, 0.3) is 0 Å². The van der Waals surface area contributed by atoms with Crippen molar-refractivity contribution in [2.45, 2.75) is 39.2 Å². The summed E-state index contributed by atoms with van der Waals surface area (Å²) in [6.07, 6.45) is 1.77. The minimum atomic E-state index is -0.516. The van der Waals surface area contributed by atoms with Crippen LogP contribution in [0.25, 0.3) is 0 Å². The van der Waals surface area contributed by atoms with Crippen LogP contribution in [0.4, 0.5) is 14.9 Å². The van der Waals surface area contributed by atoms with Gasteiger partial charge in [-0.2, -0.15) is 0 Å². The topological polar surface area (TPSA) is 67.9 Å². The van der Waals surface area contributed by atoms with Crippen molar-refractivity contribution in [2.75, 3.05) is 25.0 Å². The minimum Gasteiger partial charge on any atom is -0.490 e. The lowest BCUT2D eigenvalue weighted by atomic mass is 9.98. The van der Waals surface area contributed by atoms with E-state index in [1.165, 1.54) is 12.1 Å². The maximum Gasteiger partial charge on any atom is 0.410 e. The Balaban J connectivity index is 1.79. The van der Waals surface area contributed by atoms with Gasteiger partial charge < -0.3 is 19.7 Å². The van der Waals surface area contributed by atoms with E-state index in [9.17, 15) is 14.0 Å². The van der Waals surface area contributed by atoms with E-state index in [0.717, 1.165) is 12.8 Å². The van der Waals surface area contributed by atoms with Crippen LogP contribution in [-0.2, 0) is 9.53 Å². The number of ether oxygens (including phenoxy) is 2. The van der Waals surface area contributed by atoms with Crippen LogP contribution in [0, 0.1) is 11.7 Å². The Hall–Kier alpha value is -2.31. The molecular weight excluding hydrogens is 327 g/mol. The van der Waals surface area contributed by atoms with Crippen molar-refractivity contribution >= 4 is 18.2 Å². The normalized spacial score (nSPS) is 15.6. The first-order valence-corrected chi connectivity index (χ1v) is 8.39. The predicted octanol–water partition coefficient (Wildman–Crippen LogP) is 3.42. The highest BCUT2D eigenvalue weighted by Crippen LogP contribution is 2.24. The van der Waals surface area contributed by atoms with E-state index < -0.39 is 11.4 Å². The number of amides is 2. The third-order valence-corrected chi connectivity index (χ3v) is 3.90. The summed E-state index contributed by atoms with van der Waals surface area (Å²) in [7, 11) is 0. The number of anilines is 1. The average molecular weight is 352 g/mol. The van der Waals surface area contributed by atoms with Gasteiger partial charge in [0.1, 0.15) is 5.60 Å². The second-order valence-electron chi connectivity index (χ2n) is 7.13. The fraction of sp³-hybridized carbons (Fsp3) is 0.556. The standard InChI is InChI=1S/C18H25FN2O4/c1-18(2,3)25-17(23)21-8-6-13(7-9-21)11-24-16-5-4-14(20-12-22)10-15(16)19/h4-5,10,12-13H,6-9,11H2,1-3H3,(H,20,22). The first-order chi connectivity index (χ1) is 11.8. The molecule has 138 valence electrons. The molecule has 1 aromatic carbocycles. The Kier molecular flexibility index (Phi) is 6.22. The summed E-state index contributed by atoms with van der Waals surface area (Å²) in [4.78, 5) is 24.1. The Morgan fingerprint density at radius 3 is 2.60 bits per heavy atom. The molecule has 6 nitrogen and oxygen atoms in total. The van der Waals surface area contributed by atoms with Crippen LogP contribution in [0.2, 0.25) is 0 Å². The summed E-state index contributed by atoms with van der Waals surface area (Å²) in [6.45, 7) is 7.13. The zero-order chi connectivity index (χ0) is 18.4. The van der Waals surface area contributed by atoms with Gasteiger partial charge in [-0.15, -0.1) is 0 Å². The lowest BCUT2D eigenvalue weighted by Gasteiger charge is -2.33. The van der Waals surface area contributed by atoms with Crippen molar-refractivity contribution in [3.8, 4) is 5.75 Å². The second-order valence-corrected chi connectivity index (χ2v) is 7.13. The highest BCUT2D eigenvalue weighted by Gasteiger charge is 2.27. The van der Waals surface area contributed by atoms with Gasteiger partial charge in [0.2, 0.25) is 6.41 Å². The van der Waals surface area contributed by atoms with Crippen molar-refractivity contribution in [2.24, 2.45) is 5.92 Å². The number of benzene rings is 1. The molecule has 1 aliphatic rings. The molecule has 0 radical (unpaired) electrons. The number of carbonyl (C=O) groups excluding carboxylic acids is 2. The van der Waals surface area contributed by atoms with Crippen LogP contribution in [0.5, 0.6) is 5.75 Å². The first-order valence-electron chi connectivity index (χ1n) is 8.39. The molecular formula is C18H25FN2O4. The van der Waals surface area contributed by atoms with Crippen LogP contribution in [-0.4, -0.2) is 42.7 Å². The van der Waals surface area contributed by atoms with Gasteiger partial charge in [0.15, 0.2) is 11.6 Å². The van der Waals surface area contributed by atoms with Crippen molar-refractivity contribution in [3.05, 3.63) is 24.0 Å². The molecule has 7 heteroatoms. The van der Waals surface area contributed by atoms with Crippen molar-refractivity contribution < 1.29 is 23.5 Å². The van der Waals surface area contributed by atoms with E-state index in [2.05, 4.69) is 5.32 Å². The van der Waals surface area contributed by atoms with Gasteiger partial charge in [-0.25, -0.2) is 9.18 Å². The summed E-state index contributed by atoms with van der Waals surface area (Å²) in [6, 6.07) is 4.30. The van der Waals surface area contributed by atoms with Gasteiger partial charge in [0.05, 0.1) is 6.61 Å². The van der Waals surface area contributed by atoms with E-state index in [1.807, 2.05) is 20.8 Å². The number of nitrogens with one attached hydrogen (secondary N) is 1. The van der Waals surface area contributed by atoms with Gasteiger partial charge in [-0.1, -0.05) is 0 Å². The molecule has 1 fully saturated rings. The van der Waals surface area contributed by atoms with Gasteiger partial charge in [0, 0.05) is 24.8 Å². The number of likely N-dealkylation sites (tertiary alicyclic amines) is 1. The molecule has 0 aromatic heterocycles. The molecule has 0 aliphatic carbocycles.